The Hall–Kier alpha value is -3.31. The van der Waals surface area contributed by atoms with Gasteiger partial charge in [-0.05, 0) is 49.1 Å². The Bertz CT molecular complexity index is 1200. The van der Waals surface area contributed by atoms with Crippen molar-refractivity contribution in [1.29, 1.82) is 0 Å². The molecule has 150 valence electrons. The number of hydrogen-bond donors (Lipinski definition) is 0. The second-order valence-corrected chi connectivity index (χ2v) is 8.00. The molecule has 2 heterocycles. The topological polar surface area (TPSA) is 42.5 Å². The third kappa shape index (κ3) is 4.81. The predicted octanol–water partition coefficient (Wildman–Crippen LogP) is 5.25. The number of thiazole rings is 1. The fourth-order valence-electron chi connectivity index (χ4n) is 3.12. The van der Waals surface area contributed by atoms with Crippen molar-refractivity contribution in [3.05, 3.63) is 105 Å². The zero-order valence-electron chi connectivity index (χ0n) is 17.2. The molecule has 0 fully saturated rings. The van der Waals surface area contributed by atoms with Gasteiger partial charge in [0.2, 0.25) is 4.80 Å². The molecule has 0 saturated heterocycles. The number of benzene rings is 2. The van der Waals surface area contributed by atoms with Gasteiger partial charge in [-0.15, -0.1) is 11.3 Å². The van der Waals surface area contributed by atoms with Crippen LogP contribution in [0.2, 0.25) is 0 Å². The van der Waals surface area contributed by atoms with Crippen molar-refractivity contribution in [1.82, 2.24) is 9.66 Å². The van der Waals surface area contributed by atoms with Crippen LogP contribution in [0.15, 0.2) is 88.5 Å². The molecule has 4 aromatic rings. The molecule has 0 unspecified atom stereocenters. The largest absolute Gasteiger partial charge is 0.264 e. The van der Waals surface area contributed by atoms with Gasteiger partial charge in [0.05, 0.1) is 11.9 Å². The van der Waals surface area contributed by atoms with Crippen molar-refractivity contribution in [3.63, 3.8) is 0 Å². The Morgan fingerprint density at radius 2 is 1.87 bits per heavy atom. The summed E-state index contributed by atoms with van der Waals surface area (Å²) >= 11 is 1.62. The lowest BCUT2D eigenvalue weighted by Crippen LogP contribution is -2.13. The lowest BCUT2D eigenvalue weighted by molar-refractivity contribution is 0.816. The summed E-state index contributed by atoms with van der Waals surface area (Å²) in [5.74, 6) is 0. The van der Waals surface area contributed by atoms with Crippen LogP contribution in [-0.2, 0) is 6.42 Å². The first-order valence-electron chi connectivity index (χ1n) is 9.98. The maximum absolute atomic E-state index is 4.85. The minimum Gasteiger partial charge on any atom is -0.264 e. The van der Waals surface area contributed by atoms with Gasteiger partial charge in [0, 0.05) is 35.4 Å². The molecule has 0 N–H and O–H groups in total. The smallest absolute Gasteiger partial charge is 0.206 e. The molecular weight excluding hydrogens is 388 g/mol. The first-order valence-corrected chi connectivity index (χ1v) is 10.9. The van der Waals surface area contributed by atoms with Crippen LogP contribution < -0.4 is 4.80 Å². The van der Waals surface area contributed by atoms with E-state index in [1.165, 1.54) is 16.7 Å². The molecule has 30 heavy (non-hydrogen) atoms. The number of nitrogens with zero attached hydrogens (tertiary/aromatic N) is 4. The van der Waals surface area contributed by atoms with Gasteiger partial charge >= 0.3 is 0 Å². The summed E-state index contributed by atoms with van der Waals surface area (Å²) in [5, 5.41) is 6.89. The van der Waals surface area contributed by atoms with Gasteiger partial charge in [-0.3, -0.25) is 9.98 Å². The second-order valence-electron chi connectivity index (χ2n) is 7.16. The minimum atomic E-state index is 0.722. The van der Waals surface area contributed by atoms with Gasteiger partial charge in [0.15, 0.2) is 0 Å². The van der Waals surface area contributed by atoms with Crippen LogP contribution in [-0.4, -0.2) is 22.4 Å². The van der Waals surface area contributed by atoms with E-state index in [2.05, 4.69) is 66.7 Å². The van der Waals surface area contributed by atoms with Gasteiger partial charge in [-0.25, -0.2) is 4.68 Å². The minimum absolute atomic E-state index is 0.722. The van der Waals surface area contributed by atoms with E-state index < -0.39 is 0 Å². The molecule has 0 aliphatic carbocycles. The molecule has 0 spiro atoms. The SMILES string of the molecule is Cc1ccc(-c2csc(=NCCc3ccccc3)n2N=Cc2cccnc2)cc1C. The van der Waals surface area contributed by atoms with E-state index in [9.17, 15) is 0 Å². The summed E-state index contributed by atoms with van der Waals surface area (Å²) in [6, 6.07) is 20.9. The standard InChI is InChI=1S/C25H24N4S/c1-19-10-11-23(15-20(19)2)24-18-30-25(27-14-12-21-7-4-3-5-8-21)29(24)28-17-22-9-6-13-26-16-22/h3-11,13,15-18H,12,14H2,1-2H3. The van der Waals surface area contributed by atoms with E-state index >= 15 is 0 Å². The maximum atomic E-state index is 4.85. The number of aromatic nitrogens is 2. The summed E-state index contributed by atoms with van der Waals surface area (Å²) < 4.78 is 1.94. The van der Waals surface area contributed by atoms with Crippen LogP contribution in [0.25, 0.3) is 11.3 Å². The van der Waals surface area contributed by atoms with E-state index in [-0.39, 0.29) is 0 Å². The summed E-state index contributed by atoms with van der Waals surface area (Å²) in [4.78, 5) is 9.91. The van der Waals surface area contributed by atoms with Crippen LogP contribution in [0, 0.1) is 13.8 Å². The average molecular weight is 413 g/mol. The van der Waals surface area contributed by atoms with Crippen LogP contribution in [0.3, 0.4) is 0 Å². The van der Waals surface area contributed by atoms with E-state index in [1.807, 2.05) is 29.1 Å². The zero-order chi connectivity index (χ0) is 20.8. The fraction of sp³-hybridized carbons (Fsp3) is 0.160. The van der Waals surface area contributed by atoms with Crippen molar-refractivity contribution >= 4 is 17.6 Å². The summed E-state index contributed by atoms with van der Waals surface area (Å²) in [6.45, 7) is 4.99. The van der Waals surface area contributed by atoms with Gasteiger partial charge in [-0.2, -0.15) is 5.10 Å². The van der Waals surface area contributed by atoms with Gasteiger partial charge in [0.1, 0.15) is 0 Å². The lowest BCUT2D eigenvalue weighted by atomic mass is 10.1. The average Bonchev–Trinajstić information content (AvgIpc) is 3.18. The Morgan fingerprint density at radius 1 is 1.00 bits per heavy atom. The van der Waals surface area contributed by atoms with E-state index in [0.717, 1.165) is 34.6 Å². The summed E-state index contributed by atoms with van der Waals surface area (Å²) in [7, 11) is 0. The third-order valence-corrected chi connectivity index (χ3v) is 5.84. The Kier molecular flexibility index (Phi) is 6.30. The van der Waals surface area contributed by atoms with Crippen molar-refractivity contribution in [2.24, 2.45) is 10.1 Å². The van der Waals surface area contributed by atoms with Crippen molar-refractivity contribution in [2.75, 3.05) is 6.54 Å². The highest BCUT2D eigenvalue weighted by atomic mass is 32.1. The van der Waals surface area contributed by atoms with Crippen molar-refractivity contribution in [3.8, 4) is 11.3 Å². The zero-order valence-corrected chi connectivity index (χ0v) is 18.0. The van der Waals surface area contributed by atoms with Gasteiger partial charge in [0.25, 0.3) is 0 Å². The normalized spacial score (nSPS) is 12.0. The van der Waals surface area contributed by atoms with Crippen LogP contribution >= 0.6 is 11.3 Å². The molecule has 0 bridgehead atoms. The van der Waals surface area contributed by atoms with E-state index in [4.69, 9.17) is 10.1 Å². The van der Waals surface area contributed by atoms with Crippen molar-refractivity contribution in [2.45, 2.75) is 20.3 Å². The Balaban J connectivity index is 1.70. The molecule has 0 atom stereocenters. The molecule has 0 radical (unpaired) electrons. The second kappa shape index (κ2) is 9.46. The summed E-state index contributed by atoms with van der Waals surface area (Å²) in [5.41, 5.74) is 6.98. The third-order valence-electron chi connectivity index (χ3n) is 4.99. The number of hydrogen-bond acceptors (Lipinski definition) is 4. The highest BCUT2D eigenvalue weighted by molar-refractivity contribution is 7.07. The molecule has 4 nitrogen and oxygen atoms in total. The Morgan fingerprint density at radius 3 is 2.63 bits per heavy atom. The monoisotopic (exact) mass is 412 g/mol. The number of pyridine rings is 1. The molecule has 0 amide bonds. The summed E-state index contributed by atoms with van der Waals surface area (Å²) in [6.07, 6.45) is 6.31. The molecule has 2 aromatic heterocycles. The van der Waals surface area contributed by atoms with Gasteiger partial charge < -0.3 is 0 Å². The molecule has 5 heteroatoms. The van der Waals surface area contributed by atoms with E-state index in [0.29, 0.717) is 0 Å². The van der Waals surface area contributed by atoms with Crippen LogP contribution in [0.5, 0.6) is 0 Å². The van der Waals surface area contributed by atoms with Crippen LogP contribution in [0.1, 0.15) is 22.3 Å². The van der Waals surface area contributed by atoms with Gasteiger partial charge in [-0.1, -0.05) is 48.5 Å². The quantitative estimate of drug-likeness (QED) is 0.399. The molecule has 4 rings (SSSR count). The lowest BCUT2D eigenvalue weighted by Gasteiger charge is -2.06. The first kappa shape index (κ1) is 20.0. The molecule has 0 saturated carbocycles. The highest BCUT2D eigenvalue weighted by Crippen LogP contribution is 2.23. The first-order chi connectivity index (χ1) is 14.7. The van der Waals surface area contributed by atoms with E-state index in [1.54, 1.807) is 23.7 Å². The van der Waals surface area contributed by atoms with Crippen LogP contribution in [0.4, 0.5) is 0 Å². The fourth-order valence-corrected chi connectivity index (χ4v) is 3.98. The maximum Gasteiger partial charge on any atom is 0.206 e. The predicted molar refractivity (Wildman–Crippen MR) is 125 cm³/mol. The van der Waals surface area contributed by atoms with Crippen molar-refractivity contribution < 1.29 is 0 Å². The molecular formula is C25H24N4S. The Labute approximate surface area is 180 Å². The molecule has 0 aliphatic rings. The number of aryl methyl sites for hydroxylation is 2. The molecule has 2 aromatic carbocycles. The highest BCUT2D eigenvalue weighted by Gasteiger charge is 2.08. The molecule has 0 aliphatic heterocycles. The number of rotatable bonds is 6.